The molecule has 14 heavy (non-hydrogen) atoms. The van der Waals surface area contributed by atoms with E-state index in [-0.39, 0.29) is 0 Å². The van der Waals surface area contributed by atoms with Crippen LogP contribution in [0.4, 0.5) is 0 Å². The van der Waals surface area contributed by atoms with Crippen LogP contribution in [0, 0.1) is 11.8 Å². The van der Waals surface area contributed by atoms with Crippen molar-refractivity contribution < 1.29 is 0 Å². The molecule has 1 atom stereocenters. The summed E-state index contributed by atoms with van der Waals surface area (Å²) in [6.07, 6.45) is 10.1. The highest BCUT2D eigenvalue weighted by atomic mass is 15.0. The van der Waals surface area contributed by atoms with Crippen molar-refractivity contribution in [3.63, 3.8) is 0 Å². The molecule has 0 radical (unpaired) electrons. The molecule has 2 rings (SSSR count). The standard InChI is InChI=1S/C13H25N/c1-10-6-8-13(9-7-10)14-11(2)12-4-3-5-12/h10-14H,3-9H2,1-2H3/t10?,11-,13?/m1/s1. The molecule has 2 saturated carbocycles. The molecular formula is C13H25N. The normalized spacial score (nSPS) is 36.4. The van der Waals surface area contributed by atoms with Gasteiger partial charge < -0.3 is 5.32 Å². The van der Waals surface area contributed by atoms with Crippen LogP contribution in [0.25, 0.3) is 0 Å². The Morgan fingerprint density at radius 1 is 1.00 bits per heavy atom. The van der Waals surface area contributed by atoms with Gasteiger partial charge in [0.15, 0.2) is 0 Å². The Kier molecular flexibility index (Phi) is 3.48. The number of hydrogen-bond donors (Lipinski definition) is 1. The van der Waals surface area contributed by atoms with Crippen molar-refractivity contribution in [2.75, 3.05) is 0 Å². The average Bonchev–Trinajstić information content (AvgIpc) is 2.06. The first-order valence-electron chi connectivity index (χ1n) is 6.51. The van der Waals surface area contributed by atoms with Gasteiger partial charge in [0.25, 0.3) is 0 Å². The fraction of sp³-hybridized carbons (Fsp3) is 1.00. The highest BCUT2D eigenvalue weighted by Gasteiger charge is 2.26. The van der Waals surface area contributed by atoms with Gasteiger partial charge in [0.1, 0.15) is 0 Å². The summed E-state index contributed by atoms with van der Waals surface area (Å²) in [5.41, 5.74) is 0. The second kappa shape index (κ2) is 4.65. The van der Waals surface area contributed by atoms with E-state index in [0.29, 0.717) is 0 Å². The van der Waals surface area contributed by atoms with Crippen LogP contribution < -0.4 is 5.32 Å². The van der Waals surface area contributed by atoms with Crippen molar-refractivity contribution in [3.8, 4) is 0 Å². The van der Waals surface area contributed by atoms with Gasteiger partial charge in [-0.1, -0.05) is 13.3 Å². The minimum absolute atomic E-state index is 0.780. The lowest BCUT2D eigenvalue weighted by Crippen LogP contribution is -2.44. The van der Waals surface area contributed by atoms with Gasteiger partial charge in [-0.25, -0.2) is 0 Å². The molecule has 0 spiro atoms. The lowest BCUT2D eigenvalue weighted by Gasteiger charge is -2.36. The second-order valence-corrected chi connectivity index (χ2v) is 5.60. The van der Waals surface area contributed by atoms with Gasteiger partial charge in [-0.05, 0) is 57.3 Å². The van der Waals surface area contributed by atoms with Gasteiger partial charge in [-0.2, -0.15) is 0 Å². The first-order chi connectivity index (χ1) is 6.75. The molecule has 0 aromatic rings. The zero-order chi connectivity index (χ0) is 9.97. The van der Waals surface area contributed by atoms with Gasteiger partial charge in [-0.3, -0.25) is 0 Å². The molecule has 1 heteroatoms. The topological polar surface area (TPSA) is 12.0 Å². The van der Waals surface area contributed by atoms with E-state index in [1.54, 1.807) is 0 Å². The maximum atomic E-state index is 3.84. The third-order valence-electron chi connectivity index (χ3n) is 4.37. The first kappa shape index (κ1) is 10.5. The lowest BCUT2D eigenvalue weighted by molar-refractivity contribution is 0.202. The predicted octanol–water partition coefficient (Wildman–Crippen LogP) is 3.34. The van der Waals surface area contributed by atoms with Gasteiger partial charge in [0.05, 0.1) is 0 Å². The third kappa shape index (κ3) is 2.50. The quantitative estimate of drug-likeness (QED) is 0.728. The summed E-state index contributed by atoms with van der Waals surface area (Å²) < 4.78 is 0. The summed E-state index contributed by atoms with van der Waals surface area (Å²) in [6, 6.07) is 1.61. The Labute approximate surface area is 88.7 Å². The second-order valence-electron chi connectivity index (χ2n) is 5.60. The highest BCUT2D eigenvalue weighted by Crippen LogP contribution is 2.31. The van der Waals surface area contributed by atoms with Gasteiger partial charge >= 0.3 is 0 Å². The zero-order valence-electron chi connectivity index (χ0n) is 9.76. The fourth-order valence-corrected chi connectivity index (χ4v) is 2.87. The number of nitrogens with one attached hydrogen (secondary N) is 1. The summed E-state index contributed by atoms with van der Waals surface area (Å²) in [7, 11) is 0. The third-order valence-corrected chi connectivity index (χ3v) is 4.37. The summed E-state index contributed by atoms with van der Waals surface area (Å²) >= 11 is 0. The van der Waals surface area contributed by atoms with Crippen LogP contribution in [0.1, 0.15) is 58.8 Å². The Bertz CT molecular complexity index is 166. The molecule has 0 saturated heterocycles. The van der Waals surface area contributed by atoms with E-state index in [9.17, 15) is 0 Å². The molecule has 82 valence electrons. The van der Waals surface area contributed by atoms with Crippen molar-refractivity contribution >= 4 is 0 Å². The van der Waals surface area contributed by atoms with Crippen molar-refractivity contribution in [1.29, 1.82) is 0 Å². The van der Waals surface area contributed by atoms with E-state index < -0.39 is 0 Å². The molecular weight excluding hydrogens is 170 g/mol. The molecule has 1 nitrogen and oxygen atoms in total. The van der Waals surface area contributed by atoms with E-state index in [4.69, 9.17) is 0 Å². The van der Waals surface area contributed by atoms with E-state index in [2.05, 4.69) is 19.2 Å². The van der Waals surface area contributed by atoms with E-state index >= 15 is 0 Å². The summed E-state index contributed by atoms with van der Waals surface area (Å²) in [6.45, 7) is 4.79. The monoisotopic (exact) mass is 195 g/mol. The highest BCUT2D eigenvalue weighted by molar-refractivity contribution is 4.84. The molecule has 0 aliphatic heterocycles. The predicted molar refractivity (Wildman–Crippen MR) is 61.4 cm³/mol. The Hall–Kier alpha value is -0.0400. The maximum absolute atomic E-state index is 3.84. The molecule has 0 aromatic heterocycles. The van der Waals surface area contributed by atoms with Gasteiger partial charge in [-0.15, -0.1) is 0 Å². The van der Waals surface area contributed by atoms with Crippen molar-refractivity contribution in [2.24, 2.45) is 11.8 Å². The molecule has 0 amide bonds. The molecule has 2 fully saturated rings. The molecule has 0 unspecified atom stereocenters. The van der Waals surface area contributed by atoms with E-state index in [0.717, 1.165) is 23.9 Å². The van der Waals surface area contributed by atoms with Gasteiger partial charge in [0, 0.05) is 12.1 Å². The summed E-state index contributed by atoms with van der Waals surface area (Å²) in [5.74, 6) is 1.97. The van der Waals surface area contributed by atoms with Crippen LogP contribution in [0.15, 0.2) is 0 Å². The molecule has 0 heterocycles. The molecule has 0 aromatic carbocycles. The maximum Gasteiger partial charge on any atom is 0.00698 e. The molecule has 2 aliphatic rings. The van der Waals surface area contributed by atoms with Crippen molar-refractivity contribution in [1.82, 2.24) is 5.32 Å². The van der Waals surface area contributed by atoms with Crippen LogP contribution in [0.2, 0.25) is 0 Å². The minimum Gasteiger partial charge on any atom is -0.311 e. The summed E-state index contributed by atoms with van der Waals surface area (Å²) in [5, 5.41) is 3.84. The van der Waals surface area contributed by atoms with E-state index in [1.165, 1.54) is 44.9 Å². The molecule has 0 bridgehead atoms. The van der Waals surface area contributed by atoms with Crippen molar-refractivity contribution in [2.45, 2.75) is 70.9 Å². The lowest BCUT2D eigenvalue weighted by atomic mass is 9.79. The largest absolute Gasteiger partial charge is 0.311 e. The van der Waals surface area contributed by atoms with Crippen LogP contribution in [0.5, 0.6) is 0 Å². The summed E-state index contributed by atoms with van der Waals surface area (Å²) in [4.78, 5) is 0. The van der Waals surface area contributed by atoms with Crippen LogP contribution in [-0.2, 0) is 0 Å². The first-order valence-corrected chi connectivity index (χ1v) is 6.51. The SMILES string of the molecule is CC1CCC(N[C@H](C)C2CCC2)CC1. The molecule has 1 N–H and O–H groups in total. The number of hydrogen-bond acceptors (Lipinski definition) is 1. The van der Waals surface area contributed by atoms with Gasteiger partial charge in [0.2, 0.25) is 0 Å². The van der Waals surface area contributed by atoms with Crippen LogP contribution in [0.3, 0.4) is 0 Å². The number of rotatable bonds is 3. The Morgan fingerprint density at radius 2 is 1.64 bits per heavy atom. The average molecular weight is 195 g/mol. The fourth-order valence-electron chi connectivity index (χ4n) is 2.87. The van der Waals surface area contributed by atoms with Crippen molar-refractivity contribution in [3.05, 3.63) is 0 Å². The minimum atomic E-state index is 0.780. The Balaban J connectivity index is 1.68. The van der Waals surface area contributed by atoms with Crippen LogP contribution >= 0.6 is 0 Å². The van der Waals surface area contributed by atoms with Crippen LogP contribution in [-0.4, -0.2) is 12.1 Å². The Morgan fingerprint density at radius 3 is 2.14 bits per heavy atom. The molecule has 2 aliphatic carbocycles. The smallest absolute Gasteiger partial charge is 0.00698 e. The zero-order valence-corrected chi connectivity index (χ0v) is 9.76. The van der Waals surface area contributed by atoms with E-state index in [1.807, 2.05) is 0 Å².